The summed E-state index contributed by atoms with van der Waals surface area (Å²) in [6.45, 7) is 1.95. The van der Waals surface area contributed by atoms with Crippen LogP contribution in [0.5, 0.6) is 5.88 Å². The SMILES string of the molecule is COCc1cccc(C(=O)c2ccc(N3CC[C@H](Oc4ncccc4Cl)C3)c(CCO)c2)c1. The molecule has 0 saturated carbocycles. The van der Waals surface area contributed by atoms with Gasteiger partial charge < -0.3 is 19.5 Å². The van der Waals surface area contributed by atoms with E-state index in [9.17, 15) is 9.90 Å². The highest BCUT2D eigenvalue weighted by Crippen LogP contribution is 2.30. The number of halogens is 1. The number of anilines is 1. The number of hydrogen-bond acceptors (Lipinski definition) is 6. The maximum atomic E-state index is 13.1. The molecule has 0 radical (unpaired) electrons. The van der Waals surface area contributed by atoms with Crippen LogP contribution in [0.25, 0.3) is 0 Å². The van der Waals surface area contributed by atoms with Crippen LogP contribution in [0.3, 0.4) is 0 Å². The second-order valence-corrected chi connectivity index (χ2v) is 8.45. The Morgan fingerprint density at radius 2 is 2.03 bits per heavy atom. The summed E-state index contributed by atoms with van der Waals surface area (Å²) in [5.74, 6) is 0.393. The number of benzene rings is 2. The van der Waals surface area contributed by atoms with Gasteiger partial charge in [-0.15, -0.1) is 0 Å². The number of pyridine rings is 1. The van der Waals surface area contributed by atoms with E-state index in [4.69, 9.17) is 21.1 Å². The largest absolute Gasteiger partial charge is 0.471 e. The molecule has 1 N–H and O–H groups in total. The van der Waals surface area contributed by atoms with E-state index in [0.29, 0.717) is 41.6 Å². The average molecular weight is 467 g/mol. The number of carbonyl (C=O) groups excluding carboxylic acids is 1. The molecule has 172 valence electrons. The van der Waals surface area contributed by atoms with Crippen LogP contribution in [-0.2, 0) is 17.8 Å². The molecular formula is C26H27ClN2O4. The smallest absolute Gasteiger partial charge is 0.232 e. The maximum Gasteiger partial charge on any atom is 0.232 e. The number of nitrogens with zero attached hydrogens (tertiary/aromatic N) is 2. The van der Waals surface area contributed by atoms with Crippen LogP contribution in [0.4, 0.5) is 5.69 Å². The minimum atomic E-state index is -0.0499. The minimum absolute atomic E-state index is 0.00524. The van der Waals surface area contributed by atoms with Crippen LogP contribution in [0.15, 0.2) is 60.8 Å². The van der Waals surface area contributed by atoms with Crippen LogP contribution < -0.4 is 9.64 Å². The quantitative estimate of drug-likeness (QED) is 0.474. The van der Waals surface area contributed by atoms with Crippen molar-refractivity contribution in [3.63, 3.8) is 0 Å². The predicted molar refractivity (Wildman–Crippen MR) is 128 cm³/mol. The first-order chi connectivity index (χ1) is 16.1. The Balaban J connectivity index is 1.52. The average Bonchev–Trinajstić information content (AvgIpc) is 3.29. The third kappa shape index (κ3) is 5.53. The van der Waals surface area contributed by atoms with Gasteiger partial charge in [-0.1, -0.05) is 29.8 Å². The maximum absolute atomic E-state index is 13.1. The fraction of sp³-hybridized carbons (Fsp3) is 0.308. The predicted octanol–water partition coefficient (Wildman–Crippen LogP) is 4.30. The van der Waals surface area contributed by atoms with Crippen LogP contribution in [0.2, 0.25) is 5.02 Å². The molecule has 7 heteroatoms. The molecule has 1 aliphatic rings. The Morgan fingerprint density at radius 1 is 1.18 bits per heavy atom. The third-order valence-corrected chi connectivity index (χ3v) is 6.00. The molecule has 33 heavy (non-hydrogen) atoms. The Labute approximate surface area is 198 Å². The third-order valence-electron chi connectivity index (χ3n) is 5.71. The van der Waals surface area contributed by atoms with E-state index in [0.717, 1.165) is 29.8 Å². The molecule has 0 amide bonds. The van der Waals surface area contributed by atoms with Gasteiger partial charge in [0, 0.05) is 49.7 Å². The molecule has 1 aromatic heterocycles. The number of ketones is 1. The van der Waals surface area contributed by atoms with Gasteiger partial charge in [0.15, 0.2) is 5.78 Å². The lowest BCUT2D eigenvalue weighted by Gasteiger charge is -2.23. The highest BCUT2D eigenvalue weighted by molar-refractivity contribution is 6.31. The molecular weight excluding hydrogens is 440 g/mol. The van der Waals surface area contributed by atoms with Gasteiger partial charge in [-0.2, -0.15) is 0 Å². The van der Waals surface area contributed by atoms with E-state index in [1.165, 1.54) is 0 Å². The van der Waals surface area contributed by atoms with Crippen molar-refractivity contribution in [3.05, 3.63) is 88.1 Å². The van der Waals surface area contributed by atoms with Crippen LogP contribution in [-0.4, -0.2) is 48.8 Å². The van der Waals surface area contributed by atoms with E-state index in [-0.39, 0.29) is 18.5 Å². The van der Waals surface area contributed by atoms with Gasteiger partial charge in [0.25, 0.3) is 0 Å². The Morgan fingerprint density at radius 3 is 2.82 bits per heavy atom. The standard InChI is InChI=1S/C26H27ClN2O4/c1-32-17-18-4-2-5-20(14-18)25(31)21-7-8-24(19(15-21)10-13-30)29-12-9-22(16-29)33-26-23(27)6-3-11-28-26/h2-8,11,14-15,22,30H,9-10,12-13,16-17H2,1H3/t22-/m0/s1. The zero-order valence-corrected chi connectivity index (χ0v) is 19.3. The van der Waals surface area contributed by atoms with E-state index in [1.54, 1.807) is 25.4 Å². The Bertz CT molecular complexity index is 1120. The first-order valence-electron chi connectivity index (χ1n) is 11.0. The summed E-state index contributed by atoms with van der Waals surface area (Å²) in [4.78, 5) is 19.6. The van der Waals surface area contributed by atoms with Crippen LogP contribution >= 0.6 is 11.6 Å². The zero-order chi connectivity index (χ0) is 23.2. The van der Waals surface area contributed by atoms with Gasteiger partial charge >= 0.3 is 0 Å². The number of methoxy groups -OCH3 is 1. The van der Waals surface area contributed by atoms with Crippen molar-refractivity contribution in [2.24, 2.45) is 0 Å². The monoisotopic (exact) mass is 466 g/mol. The number of aliphatic hydroxyl groups excluding tert-OH is 1. The molecule has 1 saturated heterocycles. The molecule has 4 rings (SSSR count). The van der Waals surface area contributed by atoms with Gasteiger partial charge in [-0.05, 0) is 53.9 Å². The van der Waals surface area contributed by atoms with Gasteiger partial charge in [0.1, 0.15) is 11.1 Å². The molecule has 2 heterocycles. The number of hydrogen-bond donors (Lipinski definition) is 1. The number of carbonyl (C=O) groups is 1. The normalized spacial score (nSPS) is 15.6. The van der Waals surface area contributed by atoms with Crippen molar-refractivity contribution < 1.29 is 19.4 Å². The fourth-order valence-electron chi connectivity index (χ4n) is 4.15. The second kappa shape index (κ2) is 10.8. The second-order valence-electron chi connectivity index (χ2n) is 8.04. The van der Waals surface area contributed by atoms with Crippen molar-refractivity contribution in [3.8, 4) is 5.88 Å². The van der Waals surface area contributed by atoms with Gasteiger partial charge in [0.05, 0.1) is 13.2 Å². The van der Waals surface area contributed by atoms with Crippen LogP contribution in [0, 0.1) is 0 Å². The van der Waals surface area contributed by atoms with Crippen molar-refractivity contribution in [2.75, 3.05) is 31.7 Å². The molecule has 0 unspecified atom stereocenters. The number of aromatic nitrogens is 1. The lowest BCUT2D eigenvalue weighted by molar-refractivity contribution is 0.103. The molecule has 0 bridgehead atoms. The highest BCUT2D eigenvalue weighted by Gasteiger charge is 2.27. The lowest BCUT2D eigenvalue weighted by atomic mass is 9.97. The Hall–Kier alpha value is -2.93. The minimum Gasteiger partial charge on any atom is -0.471 e. The first-order valence-corrected chi connectivity index (χ1v) is 11.4. The summed E-state index contributed by atoms with van der Waals surface area (Å²) >= 11 is 6.18. The fourth-order valence-corrected chi connectivity index (χ4v) is 4.32. The van der Waals surface area contributed by atoms with Crippen LogP contribution in [0.1, 0.15) is 33.5 Å². The Kier molecular flexibility index (Phi) is 7.60. The molecule has 3 aromatic rings. The summed E-state index contributed by atoms with van der Waals surface area (Å²) in [7, 11) is 1.63. The zero-order valence-electron chi connectivity index (χ0n) is 18.5. The molecule has 1 fully saturated rings. The topological polar surface area (TPSA) is 71.9 Å². The number of ether oxygens (including phenoxy) is 2. The van der Waals surface area contributed by atoms with Gasteiger partial charge in [0.2, 0.25) is 5.88 Å². The van der Waals surface area contributed by atoms with Crippen molar-refractivity contribution in [1.82, 2.24) is 4.98 Å². The van der Waals surface area contributed by atoms with E-state index in [1.807, 2.05) is 42.5 Å². The molecule has 0 spiro atoms. The summed E-state index contributed by atoms with van der Waals surface area (Å²) in [5.41, 5.74) is 4.12. The van der Waals surface area contributed by atoms with Crippen molar-refractivity contribution >= 4 is 23.1 Å². The van der Waals surface area contributed by atoms with E-state index in [2.05, 4.69) is 9.88 Å². The molecule has 1 atom stereocenters. The number of rotatable bonds is 9. The summed E-state index contributed by atoms with van der Waals surface area (Å²) in [6.07, 6.45) is 2.92. The van der Waals surface area contributed by atoms with E-state index < -0.39 is 0 Å². The molecule has 6 nitrogen and oxygen atoms in total. The van der Waals surface area contributed by atoms with E-state index >= 15 is 0 Å². The van der Waals surface area contributed by atoms with Gasteiger partial charge in [-0.25, -0.2) is 4.98 Å². The summed E-state index contributed by atoms with van der Waals surface area (Å²) in [5, 5.41) is 10.1. The molecule has 2 aromatic carbocycles. The molecule has 1 aliphatic heterocycles. The summed E-state index contributed by atoms with van der Waals surface area (Å²) in [6, 6.07) is 16.7. The van der Waals surface area contributed by atoms with Gasteiger partial charge in [-0.3, -0.25) is 4.79 Å². The number of aliphatic hydroxyl groups is 1. The van der Waals surface area contributed by atoms with Crippen molar-refractivity contribution in [1.29, 1.82) is 0 Å². The van der Waals surface area contributed by atoms with Crippen molar-refractivity contribution in [2.45, 2.75) is 25.6 Å². The summed E-state index contributed by atoms with van der Waals surface area (Å²) < 4.78 is 11.2. The first kappa shape index (κ1) is 23.2. The lowest BCUT2D eigenvalue weighted by Crippen LogP contribution is -2.26. The molecule has 0 aliphatic carbocycles. The highest BCUT2D eigenvalue weighted by atomic mass is 35.5.